The highest BCUT2D eigenvalue weighted by molar-refractivity contribution is 7.26. The number of anilines is 3. The van der Waals surface area contributed by atoms with E-state index in [0.717, 1.165) is 17.1 Å². The summed E-state index contributed by atoms with van der Waals surface area (Å²) >= 11 is 1.90. The van der Waals surface area contributed by atoms with Crippen molar-refractivity contribution in [3.63, 3.8) is 0 Å². The van der Waals surface area contributed by atoms with Crippen molar-refractivity contribution in [3.05, 3.63) is 271 Å². The minimum absolute atomic E-state index is 0.440. The van der Waals surface area contributed by atoms with Gasteiger partial charge >= 0.3 is 0 Å². The topological polar surface area (TPSA) is 3.24 Å². The number of rotatable bonds is 8. The summed E-state index contributed by atoms with van der Waals surface area (Å²) in [6.45, 7) is 0. The van der Waals surface area contributed by atoms with Gasteiger partial charge < -0.3 is 4.90 Å². The number of hydrogen-bond acceptors (Lipinski definition) is 2. The molecule has 0 aliphatic heterocycles. The normalized spacial score (nSPS) is 12.6. The van der Waals surface area contributed by atoms with Crippen molar-refractivity contribution < 1.29 is 0 Å². The molecule has 12 rings (SSSR count). The van der Waals surface area contributed by atoms with E-state index in [0.29, 0.717) is 0 Å². The van der Waals surface area contributed by atoms with E-state index in [1.54, 1.807) is 0 Å². The average Bonchev–Trinajstić information content (AvgIpc) is 3.89. The van der Waals surface area contributed by atoms with Gasteiger partial charge in [-0.3, -0.25) is 0 Å². The molecule has 0 unspecified atom stereocenters. The van der Waals surface area contributed by atoms with Crippen molar-refractivity contribution in [2.24, 2.45) is 0 Å². The van der Waals surface area contributed by atoms with E-state index >= 15 is 0 Å². The minimum atomic E-state index is -0.440. The average molecular weight is 820 g/mol. The van der Waals surface area contributed by atoms with Crippen LogP contribution in [-0.4, -0.2) is 0 Å². The molecule has 296 valence electrons. The van der Waals surface area contributed by atoms with E-state index in [1.807, 2.05) is 11.3 Å². The molecular weight excluding hydrogens is 779 g/mol. The standard InChI is InChI=1S/C61H41NS/c1-4-19-42(20-5-1)43-35-38-47(39-36-43)62(46-23-8-3-9-24-46)57-33-17-14-29-52(57)48-25-10-11-26-49(48)53-30-18-34-58-60(53)54-40-37-45(41-59(54)63-58)61(44-21-6-2-7-22-44)55-31-15-12-27-50(55)51-28-13-16-32-56(51)61/h1-41H. The summed E-state index contributed by atoms with van der Waals surface area (Å²) in [6.07, 6.45) is 0. The number of fused-ring (bicyclic) bond motifs is 6. The monoisotopic (exact) mass is 819 g/mol. The van der Waals surface area contributed by atoms with Crippen molar-refractivity contribution in [1.29, 1.82) is 0 Å². The summed E-state index contributed by atoms with van der Waals surface area (Å²) in [5, 5.41) is 2.58. The number of nitrogens with zero attached hydrogens (tertiary/aromatic N) is 1. The molecule has 0 fully saturated rings. The van der Waals surface area contributed by atoms with Crippen LogP contribution in [0.3, 0.4) is 0 Å². The van der Waals surface area contributed by atoms with Gasteiger partial charge in [-0.05, 0) is 104 Å². The molecule has 0 bridgehead atoms. The summed E-state index contributed by atoms with van der Waals surface area (Å²) in [5.74, 6) is 0. The van der Waals surface area contributed by atoms with E-state index in [2.05, 4.69) is 254 Å². The summed E-state index contributed by atoms with van der Waals surface area (Å²) in [6, 6.07) is 91.3. The van der Waals surface area contributed by atoms with Crippen LogP contribution < -0.4 is 4.90 Å². The second kappa shape index (κ2) is 15.3. The molecule has 0 radical (unpaired) electrons. The highest BCUT2D eigenvalue weighted by Crippen LogP contribution is 2.57. The van der Waals surface area contributed by atoms with Gasteiger partial charge in [0.2, 0.25) is 0 Å². The second-order valence-electron chi connectivity index (χ2n) is 16.3. The van der Waals surface area contributed by atoms with Crippen LogP contribution in [-0.2, 0) is 5.41 Å². The van der Waals surface area contributed by atoms with Crippen molar-refractivity contribution in [1.82, 2.24) is 0 Å². The number of benzene rings is 10. The number of hydrogen-bond donors (Lipinski definition) is 0. The molecule has 0 N–H and O–H groups in total. The van der Waals surface area contributed by atoms with Crippen LogP contribution >= 0.6 is 11.3 Å². The smallest absolute Gasteiger partial charge is 0.0714 e. The minimum Gasteiger partial charge on any atom is -0.310 e. The van der Waals surface area contributed by atoms with Gasteiger partial charge in [0.25, 0.3) is 0 Å². The van der Waals surface area contributed by atoms with Crippen LogP contribution in [0.4, 0.5) is 17.1 Å². The lowest BCUT2D eigenvalue weighted by atomic mass is 9.67. The van der Waals surface area contributed by atoms with Crippen LogP contribution in [0.15, 0.2) is 249 Å². The van der Waals surface area contributed by atoms with E-state index in [9.17, 15) is 0 Å². The molecule has 1 nitrogen and oxygen atoms in total. The van der Waals surface area contributed by atoms with Crippen LogP contribution in [0.5, 0.6) is 0 Å². The van der Waals surface area contributed by atoms with Crippen molar-refractivity contribution in [2.75, 3.05) is 4.90 Å². The maximum Gasteiger partial charge on any atom is 0.0714 e. The molecule has 10 aromatic carbocycles. The Kier molecular flexibility index (Phi) is 8.98. The first kappa shape index (κ1) is 37.0. The molecule has 0 saturated carbocycles. The van der Waals surface area contributed by atoms with Gasteiger partial charge in [-0.25, -0.2) is 0 Å². The predicted molar refractivity (Wildman–Crippen MR) is 268 cm³/mol. The Labute approximate surface area is 372 Å². The third kappa shape index (κ3) is 5.98. The lowest BCUT2D eigenvalue weighted by Gasteiger charge is -2.33. The largest absolute Gasteiger partial charge is 0.310 e. The highest BCUT2D eigenvalue weighted by atomic mass is 32.1. The Morgan fingerprint density at radius 1 is 0.317 bits per heavy atom. The van der Waals surface area contributed by atoms with E-state index < -0.39 is 5.41 Å². The lowest BCUT2D eigenvalue weighted by Crippen LogP contribution is -2.28. The SMILES string of the molecule is c1ccc(-c2ccc(N(c3ccccc3)c3ccccc3-c3ccccc3-c3cccc4sc5cc(C6(c7ccccc7)c7ccccc7-c7ccccc76)ccc5c34)cc2)cc1. The summed E-state index contributed by atoms with van der Waals surface area (Å²) < 4.78 is 2.58. The number of thiophene rings is 1. The van der Waals surface area contributed by atoms with Gasteiger partial charge in [0.15, 0.2) is 0 Å². The molecule has 0 spiro atoms. The van der Waals surface area contributed by atoms with Crippen LogP contribution in [0.2, 0.25) is 0 Å². The first-order chi connectivity index (χ1) is 31.3. The van der Waals surface area contributed by atoms with E-state index in [4.69, 9.17) is 0 Å². The molecule has 11 aromatic rings. The van der Waals surface area contributed by atoms with Crippen LogP contribution in [0.25, 0.3) is 64.7 Å². The third-order valence-electron chi connectivity index (χ3n) is 13.0. The summed E-state index contributed by atoms with van der Waals surface area (Å²) in [5.41, 5.74) is 18.0. The van der Waals surface area contributed by atoms with Gasteiger partial charge in [0, 0.05) is 37.1 Å². The zero-order valence-electron chi connectivity index (χ0n) is 34.5. The Bertz CT molecular complexity index is 3400. The van der Waals surface area contributed by atoms with Gasteiger partial charge in [-0.2, -0.15) is 0 Å². The fraction of sp³-hybridized carbons (Fsp3) is 0.0164. The zero-order chi connectivity index (χ0) is 41.7. The molecule has 1 aliphatic carbocycles. The van der Waals surface area contributed by atoms with Crippen LogP contribution in [0.1, 0.15) is 22.3 Å². The predicted octanol–water partition coefficient (Wildman–Crippen LogP) is 16.9. The number of para-hydroxylation sites is 2. The Morgan fingerprint density at radius 3 is 1.51 bits per heavy atom. The lowest BCUT2D eigenvalue weighted by molar-refractivity contribution is 0.770. The van der Waals surface area contributed by atoms with E-state index in [1.165, 1.54) is 86.9 Å². The zero-order valence-corrected chi connectivity index (χ0v) is 35.3. The van der Waals surface area contributed by atoms with Crippen molar-refractivity contribution >= 4 is 48.6 Å². The molecule has 0 amide bonds. The molecule has 63 heavy (non-hydrogen) atoms. The quantitative estimate of drug-likeness (QED) is 0.148. The summed E-state index contributed by atoms with van der Waals surface area (Å²) in [7, 11) is 0. The van der Waals surface area contributed by atoms with Crippen LogP contribution in [0, 0.1) is 0 Å². The Hall–Kier alpha value is -7.78. The molecule has 0 saturated heterocycles. The first-order valence-corrected chi connectivity index (χ1v) is 22.5. The molecule has 2 heteroatoms. The van der Waals surface area contributed by atoms with Gasteiger partial charge in [-0.15, -0.1) is 11.3 Å². The second-order valence-corrected chi connectivity index (χ2v) is 17.4. The van der Waals surface area contributed by atoms with Crippen molar-refractivity contribution in [3.8, 4) is 44.5 Å². The van der Waals surface area contributed by atoms with E-state index in [-0.39, 0.29) is 0 Å². The fourth-order valence-corrected chi connectivity index (χ4v) is 11.5. The molecule has 1 heterocycles. The fourth-order valence-electron chi connectivity index (χ4n) is 10.3. The summed E-state index contributed by atoms with van der Waals surface area (Å²) in [4.78, 5) is 2.39. The maximum absolute atomic E-state index is 2.48. The van der Waals surface area contributed by atoms with Gasteiger partial charge in [0.05, 0.1) is 11.1 Å². The third-order valence-corrected chi connectivity index (χ3v) is 14.1. The Morgan fingerprint density at radius 2 is 0.825 bits per heavy atom. The molecule has 1 aromatic heterocycles. The molecule has 1 aliphatic rings. The van der Waals surface area contributed by atoms with Gasteiger partial charge in [-0.1, -0.05) is 206 Å². The highest BCUT2D eigenvalue weighted by Gasteiger charge is 2.46. The van der Waals surface area contributed by atoms with Gasteiger partial charge in [0.1, 0.15) is 0 Å². The Balaban J connectivity index is 1.02. The molecule has 0 atom stereocenters. The maximum atomic E-state index is 2.48. The first-order valence-electron chi connectivity index (χ1n) is 21.7. The molecular formula is C61H41NS. The van der Waals surface area contributed by atoms with Crippen molar-refractivity contribution in [2.45, 2.75) is 5.41 Å².